The highest BCUT2D eigenvalue weighted by Gasteiger charge is 2.25. The molecule has 0 saturated carbocycles. The largest absolute Gasteiger partial charge is 0.393 e. The first-order valence-electron chi connectivity index (χ1n) is 8.46. The first kappa shape index (κ1) is 17.1. The second kappa shape index (κ2) is 7.90. The summed E-state index contributed by atoms with van der Waals surface area (Å²) >= 11 is 1.58. The number of aliphatic hydroxyl groups is 1. The van der Waals surface area contributed by atoms with Crippen molar-refractivity contribution in [1.29, 1.82) is 0 Å². The van der Waals surface area contributed by atoms with E-state index in [4.69, 9.17) is 4.52 Å². The maximum Gasteiger partial charge on any atom is 0.226 e. The zero-order valence-corrected chi connectivity index (χ0v) is 14.7. The van der Waals surface area contributed by atoms with Crippen molar-refractivity contribution in [2.45, 2.75) is 45.1 Å². The van der Waals surface area contributed by atoms with Crippen molar-refractivity contribution >= 4 is 17.2 Å². The molecule has 3 rings (SSSR count). The number of amides is 1. The molecule has 1 N–H and O–H groups in total. The molecule has 1 fully saturated rings. The summed E-state index contributed by atoms with van der Waals surface area (Å²) < 4.78 is 5.25. The molecule has 1 aliphatic heterocycles. The van der Waals surface area contributed by atoms with Gasteiger partial charge in [-0.2, -0.15) is 4.98 Å². The second-order valence-electron chi connectivity index (χ2n) is 6.30. The molecule has 130 valence electrons. The molecule has 24 heavy (non-hydrogen) atoms. The van der Waals surface area contributed by atoms with E-state index in [9.17, 15) is 9.90 Å². The average Bonchev–Trinajstić information content (AvgIpc) is 3.26. The normalized spacial score (nSPS) is 17.2. The molecule has 6 nitrogen and oxygen atoms in total. The number of thiophene rings is 1. The van der Waals surface area contributed by atoms with Gasteiger partial charge in [0, 0.05) is 25.9 Å². The van der Waals surface area contributed by atoms with Gasteiger partial charge in [0.25, 0.3) is 0 Å². The molecule has 0 radical (unpaired) electrons. The standard InChI is InChI=1S/C17H23N3O3S/c1-12(21)13-7-9-20(10-8-13)16(22)6-2-5-15-18-17(19-23-15)14-4-3-11-24-14/h3-4,11-13,21H,2,5-10H2,1H3. The highest BCUT2D eigenvalue weighted by Crippen LogP contribution is 2.23. The summed E-state index contributed by atoms with van der Waals surface area (Å²) in [5, 5.41) is 15.6. The third kappa shape index (κ3) is 4.21. The van der Waals surface area contributed by atoms with Crippen LogP contribution in [0.2, 0.25) is 0 Å². The van der Waals surface area contributed by atoms with Crippen LogP contribution in [-0.4, -0.2) is 45.2 Å². The SMILES string of the molecule is CC(O)C1CCN(C(=O)CCCc2nc(-c3cccs3)no2)CC1. The molecule has 0 bridgehead atoms. The van der Waals surface area contributed by atoms with Crippen molar-refractivity contribution in [3.05, 3.63) is 23.4 Å². The van der Waals surface area contributed by atoms with Crippen molar-refractivity contribution in [2.24, 2.45) is 5.92 Å². The summed E-state index contributed by atoms with van der Waals surface area (Å²) in [5.74, 6) is 1.70. The first-order chi connectivity index (χ1) is 11.6. The van der Waals surface area contributed by atoms with E-state index in [1.165, 1.54) is 0 Å². The molecule has 3 heterocycles. The number of piperidine rings is 1. The molecule has 7 heteroatoms. The first-order valence-corrected chi connectivity index (χ1v) is 9.34. The Morgan fingerprint density at radius 3 is 2.96 bits per heavy atom. The highest BCUT2D eigenvalue weighted by molar-refractivity contribution is 7.13. The van der Waals surface area contributed by atoms with Gasteiger partial charge in [0.2, 0.25) is 17.6 Å². The van der Waals surface area contributed by atoms with E-state index in [1.807, 2.05) is 29.3 Å². The summed E-state index contributed by atoms with van der Waals surface area (Å²) in [6.45, 7) is 3.33. The Hall–Kier alpha value is -1.73. The van der Waals surface area contributed by atoms with Gasteiger partial charge in [-0.3, -0.25) is 4.79 Å². The minimum atomic E-state index is -0.280. The van der Waals surface area contributed by atoms with Gasteiger partial charge < -0.3 is 14.5 Å². The van der Waals surface area contributed by atoms with Gasteiger partial charge in [0.15, 0.2) is 0 Å². The third-order valence-electron chi connectivity index (χ3n) is 4.57. The number of rotatable bonds is 6. The molecule has 1 unspecified atom stereocenters. The quantitative estimate of drug-likeness (QED) is 0.867. The lowest BCUT2D eigenvalue weighted by Crippen LogP contribution is -2.40. The van der Waals surface area contributed by atoms with Crippen molar-refractivity contribution in [3.8, 4) is 10.7 Å². The van der Waals surface area contributed by atoms with Gasteiger partial charge in [0.1, 0.15) is 0 Å². The van der Waals surface area contributed by atoms with Crippen LogP contribution in [0, 0.1) is 5.92 Å². The highest BCUT2D eigenvalue weighted by atomic mass is 32.1. The number of carbonyl (C=O) groups excluding carboxylic acids is 1. The second-order valence-corrected chi connectivity index (χ2v) is 7.25. The van der Waals surface area contributed by atoms with Crippen molar-refractivity contribution in [2.75, 3.05) is 13.1 Å². The number of hydrogen-bond acceptors (Lipinski definition) is 6. The van der Waals surface area contributed by atoms with Crippen LogP contribution in [-0.2, 0) is 11.2 Å². The Morgan fingerprint density at radius 2 is 2.29 bits per heavy atom. The van der Waals surface area contributed by atoms with E-state index >= 15 is 0 Å². The number of aliphatic hydroxyl groups excluding tert-OH is 1. The zero-order valence-electron chi connectivity index (χ0n) is 13.9. The summed E-state index contributed by atoms with van der Waals surface area (Å²) in [6.07, 6.45) is 3.32. The van der Waals surface area contributed by atoms with E-state index in [1.54, 1.807) is 11.3 Å². The van der Waals surface area contributed by atoms with Crippen molar-refractivity contribution in [3.63, 3.8) is 0 Å². The molecule has 0 aromatic carbocycles. The lowest BCUT2D eigenvalue weighted by atomic mass is 9.92. The number of aromatic nitrogens is 2. The summed E-state index contributed by atoms with van der Waals surface area (Å²) in [6, 6.07) is 3.91. The molecule has 1 atom stereocenters. The van der Waals surface area contributed by atoms with Gasteiger partial charge in [-0.1, -0.05) is 11.2 Å². The minimum absolute atomic E-state index is 0.178. The molecular formula is C17H23N3O3S. The number of carbonyl (C=O) groups is 1. The minimum Gasteiger partial charge on any atom is -0.393 e. The van der Waals surface area contributed by atoms with Crippen molar-refractivity contribution in [1.82, 2.24) is 15.0 Å². The van der Waals surface area contributed by atoms with Gasteiger partial charge in [-0.15, -0.1) is 11.3 Å². The van der Waals surface area contributed by atoms with E-state index in [-0.39, 0.29) is 12.0 Å². The predicted molar refractivity (Wildman–Crippen MR) is 91.5 cm³/mol. The molecule has 0 aliphatic carbocycles. The summed E-state index contributed by atoms with van der Waals surface area (Å²) in [7, 11) is 0. The Morgan fingerprint density at radius 1 is 1.50 bits per heavy atom. The fraction of sp³-hybridized carbons (Fsp3) is 0.588. The van der Waals surface area contributed by atoms with Crippen LogP contribution in [0.1, 0.15) is 38.5 Å². The zero-order chi connectivity index (χ0) is 16.9. The number of hydrogen-bond donors (Lipinski definition) is 1. The Labute approximate surface area is 145 Å². The van der Waals surface area contributed by atoms with E-state index in [2.05, 4.69) is 10.1 Å². The van der Waals surface area contributed by atoms with Crippen LogP contribution in [0.4, 0.5) is 0 Å². The maximum atomic E-state index is 12.3. The smallest absolute Gasteiger partial charge is 0.226 e. The number of likely N-dealkylation sites (tertiary alicyclic amines) is 1. The predicted octanol–water partition coefficient (Wildman–Crippen LogP) is 2.74. The van der Waals surface area contributed by atoms with Crippen LogP contribution in [0.25, 0.3) is 10.7 Å². The molecule has 1 saturated heterocycles. The summed E-state index contributed by atoms with van der Waals surface area (Å²) in [4.78, 5) is 19.5. The Balaban J connectivity index is 1.41. The number of aryl methyl sites for hydroxylation is 1. The maximum absolute atomic E-state index is 12.3. The molecule has 2 aromatic heterocycles. The van der Waals surface area contributed by atoms with Crippen LogP contribution >= 0.6 is 11.3 Å². The van der Waals surface area contributed by atoms with Crippen molar-refractivity contribution < 1.29 is 14.4 Å². The summed E-state index contributed by atoms with van der Waals surface area (Å²) in [5.41, 5.74) is 0. The Kier molecular flexibility index (Phi) is 5.63. The number of nitrogens with zero attached hydrogens (tertiary/aromatic N) is 3. The molecule has 1 aliphatic rings. The van der Waals surface area contributed by atoms with Crippen LogP contribution in [0.5, 0.6) is 0 Å². The third-order valence-corrected chi connectivity index (χ3v) is 5.43. The van der Waals surface area contributed by atoms with Crippen LogP contribution < -0.4 is 0 Å². The molecule has 2 aromatic rings. The van der Waals surface area contributed by atoms with Crippen LogP contribution in [0.15, 0.2) is 22.0 Å². The fourth-order valence-corrected chi connectivity index (χ4v) is 3.69. The van der Waals surface area contributed by atoms with Gasteiger partial charge in [-0.25, -0.2) is 0 Å². The monoisotopic (exact) mass is 349 g/mol. The topological polar surface area (TPSA) is 79.5 Å². The van der Waals surface area contributed by atoms with Crippen LogP contribution in [0.3, 0.4) is 0 Å². The molecule has 0 spiro atoms. The molecule has 1 amide bonds. The van der Waals surface area contributed by atoms with E-state index in [0.717, 1.165) is 30.8 Å². The van der Waals surface area contributed by atoms with Gasteiger partial charge in [-0.05, 0) is 43.6 Å². The van der Waals surface area contributed by atoms with E-state index in [0.29, 0.717) is 36.9 Å². The average molecular weight is 349 g/mol. The van der Waals surface area contributed by atoms with Gasteiger partial charge in [0.05, 0.1) is 11.0 Å². The lowest BCUT2D eigenvalue weighted by molar-refractivity contribution is -0.133. The fourth-order valence-electron chi connectivity index (χ4n) is 3.04. The van der Waals surface area contributed by atoms with Gasteiger partial charge >= 0.3 is 0 Å². The Bertz CT molecular complexity index is 646. The molecular weight excluding hydrogens is 326 g/mol. The lowest BCUT2D eigenvalue weighted by Gasteiger charge is -2.33. The van der Waals surface area contributed by atoms with E-state index < -0.39 is 0 Å².